The molecule has 1 aromatic carbocycles. The van der Waals surface area contributed by atoms with Gasteiger partial charge in [0.2, 0.25) is 0 Å². The normalized spacial score (nSPS) is 26.9. The van der Waals surface area contributed by atoms with Gasteiger partial charge in [0, 0.05) is 10.5 Å². The Balaban J connectivity index is 2.09. The Kier molecular flexibility index (Phi) is 3.90. The molecule has 3 heteroatoms. The van der Waals surface area contributed by atoms with Crippen LogP contribution in [0, 0.1) is 11.3 Å². The zero-order valence-electron chi connectivity index (χ0n) is 11.5. The van der Waals surface area contributed by atoms with Crippen molar-refractivity contribution < 1.29 is 0 Å². The quantitative estimate of drug-likeness (QED) is 0.780. The lowest BCUT2D eigenvalue weighted by Gasteiger charge is -2.39. The molecule has 0 spiro atoms. The first-order valence-electron chi connectivity index (χ1n) is 6.67. The van der Waals surface area contributed by atoms with Gasteiger partial charge in [-0.05, 0) is 48.8 Å². The van der Waals surface area contributed by atoms with Crippen LogP contribution in [0.2, 0.25) is 0 Å². The molecule has 0 aromatic heterocycles. The second-order valence-corrected chi connectivity index (χ2v) is 7.40. The van der Waals surface area contributed by atoms with E-state index in [4.69, 9.17) is 5.73 Å². The SMILES string of the molecule is CC1CC(Nc2ccc(Br)cc2N)CC(C)(C)C1. The molecule has 18 heavy (non-hydrogen) atoms. The van der Waals surface area contributed by atoms with Crippen molar-refractivity contribution >= 4 is 27.3 Å². The van der Waals surface area contributed by atoms with Crippen LogP contribution in [-0.4, -0.2) is 6.04 Å². The van der Waals surface area contributed by atoms with Crippen molar-refractivity contribution in [1.29, 1.82) is 0 Å². The molecule has 1 aromatic rings. The highest BCUT2D eigenvalue weighted by Crippen LogP contribution is 2.40. The summed E-state index contributed by atoms with van der Waals surface area (Å²) in [6.07, 6.45) is 3.77. The van der Waals surface area contributed by atoms with E-state index >= 15 is 0 Å². The number of anilines is 2. The molecule has 1 fully saturated rings. The Morgan fingerprint density at radius 1 is 1.33 bits per heavy atom. The number of nitrogen functional groups attached to an aromatic ring is 1. The van der Waals surface area contributed by atoms with E-state index in [9.17, 15) is 0 Å². The Hall–Kier alpha value is -0.700. The highest BCUT2D eigenvalue weighted by Gasteiger charge is 2.32. The lowest BCUT2D eigenvalue weighted by Crippen LogP contribution is -2.35. The zero-order chi connectivity index (χ0) is 13.3. The van der Waals surface area contributed by atoms with Crippen LogP contribution in [0.5, 0.6) is 0 Å². The maximum absolute atomic E-state index is 6.05. The van der Waals surface area contributed by atoms with Crippen LogP contribution in [0.1, 0.15) is 40.0 Å². The largest absolute Gasteiger partial charge is 0.397 e. The molecule has 0 bridgehead atoms. The minimum Gasteiger partial charge on any atom is -0.397 e. The van der Waals surface area contributed by atoms with E-state index in [-0.39, 0.29) is 0 Å². The summed E-state index contributed by atoms with van der Waals surface area (Å²) in [6.45, 7) is 7.07. The highest BCUT2D eigenvalue weighted by atomic mass is 79.9. The Labute approximate surface area is 118 Å². The standard InChI is InChI=1S/C15H23BrN2/c1-10-6-12(9-15(2,3)8-10)18-14-5-4-11(16)7-13(14)17/h4-5,7,10,12,18H,6,8-9,17H2,1-3H3. The van der Waals surface area contributed by atoms with Crippen molar-refractivity contribution in [3.63, 3.8) is 0 Å². The molecule has 0 radical (unpaired) electrons. The van der Waals surface area contributed by atoms with Gasteiger partial charge in [-0.15, -0.1) is 0 Å². The number of halogens is 1. The van der Waals surface area contributed by atoms with Crippen molar-refractivity contribution in [2.75, 3.05) is 11.1 Å². The molecular formula is C15H23BrN2. The number of benzene rings is 1. The number of hydrogen-bond acceptors (Lipinski definition) is 2. The number of nitrogens with one attached hydrogen (secondary N) is 1. The number of nitrogens with two attached hydrogens (primary N) is 1. The summed E-state index contributed by atoms with van der Waals surface area (Å²) in [7, 11) is 0. The van der Waals surface area contributed by atoms with Gasteiger partial charge >= 0.3 is 0 Å². The molecule has 0 heterocycles. The topological polar surface area (TPSA) is 38.0 Å². The number of rotatable bonds is 2. The van der Waals surface area contributed by atoms with Gasteiger partial charge in [0.1, 0.15) is 0 Å². The van der Waals surface area contributed by atoms with Crippen LogP contribution in [0.15, 0.2) is 22.7 Å². The maximum atomic E-state index is 6.05. The first-order chi connectivity index (χ1) is 8.35. The van der Waals surface area contributed by atoms with Crippen molar-refractivity contribution in [3.05, 3.63) is 22.7 Å². The van der Waals surface area contributed by atoms with Gasteiger partial charge in [0.25, 0.3) is 0 Å². The summed E-state index contributed by atoms with van der Waals surface area (Å²) in [5.41, 5.74) is 8.36. The third-order valence-corrected chi connectivity index (χ3v) is 4.25. The van der Waals surface area contributed by atoms with Gasteiger partial charge in [0.15, 0.2) is 0 Å². The molecule has 0 amide bonds. The minimum absolute atomic E-state index is 0.430. The summed E-state index contributed by atoms with van der Waals surface area (Å²) in [6, 6.07) is 6.59. The average molecular weight is 311 g/mol. The van der Waals surface area contributed by atoms with E-state index in [1.54, 1.807) is 0 Å². The maximum Gasteiger partial charge on any atom is 0.0576 e. The predicted octanol–water partition coefficient (Wildman–Crippen LogP) is 4.66. The molecule has 0 saturated heterocycles. The first kappa shape index (κ1) is 13.7. The van der Waals surface area contributed by atoms with Crippen molar-refractivity contribution in [2.45, 2.75) is 46.1 Å². The van der Waals surface area contributed by atoms with Crippen molar-refractivity contribution in [3.8, 4) is 0 Å². The molecule has 1 saturated carbocycles. The summed E-state index contributed by atoms with van der Waals surface area (Å²) in [5.74, 6) is 0.780. The summed E-state index contributed by atoms with van der Waals surface area (Å²) in [5, 5.41) is 3.62. The van der Waals surface area contributed by atoms with E-state index in [1.165, 1.54) is 19.3 Å². The first-order valence-corrected chi connectivity index (χ1v) is 7.46. The average Bonchev–Trinajstić information content (AvgIpc) is 2.19. The van der Waals surface area contributed by atoms with Crippen LogP contribution in [0.25, 0.3) is 0 Å². The monoisotopic (exact) mass is 310 g/mol. The Morgan fingerprint density at radius 2 is 2.06 bits per heavy atom. The van der Waals surface area contributed by atoms with Gasteiger partial charge in [-0.25, -0.2) is 0 Å². The van der Waals surface area contributed by atoms with Gasteiger partial charge in [-0.1, -0.05) is 36.7 Å². The van der Waals surface area contributed by atoms with Crippen LogP contribution in [-0.2, 0) is 0 Å². The fraction of sp³-hybridized carbons (Fsp3) is 0.600. The van der Waals surface area contributed by atoms with E-state index in [0.717, 1.165) is 21.8 Å². The lowest BCUT2D eigenvalue weighted by molar-refractivity contribution is 0.178. The second-order valence-electron chi connectivity index (χ2n) is 6.49. The summed E-state index contributed by atoms with van der Waals surface area (Å²) < 4.78 is 1.03. The smallest absolute Gasteiger partial charge is 0.0576 e. The van der Waals surface area contributed by atoms with E-state index in [0.29, 0.717) is 11.5 Å². The van der Waals surface area contributed by atoms with E-state index in [2.05, 4.69) is 48.1 Å². The molecule has 1 aliphatic rings. The molecule has 100 valence electrons. The summed E-state index contributed by atoms with van der Waals surface area (Å²) >= 11 is 3.44. The van der Waals surface area contributed by atoms with Crippen molar-refractivity contribution in [1.82, 2.24) is 0 Å². The van der Waals surface area contributed by atoms with Crippen LogP contribution < -0.4 is 11.1 Å². The molecule has 3 N–H and O–H groups in total. The van der Waals surface area contributed by atoms with Gasteiger partial charge < -0.3 is 11.1 Å². The summed E-state index contributed by atoms with van der Waals surface area (Å²) in [4.78, 5) is 0. The van der Waals surface area contributed by atoms with E-state index < -0.39 is 0 Å². The second kappa shape index (κ2) is 5.12. The van der Waals surface area contributed by atoms with Crippen LogP contribution in [0.3, 0.4) is 0 Å². The molecule has 1 aliphatic carbocycles. The molecule has 2 atom stereocenters. The lowest BCUT2D eigenvalue weighted by atomic mass is 9.70. The van der Waals surface area contributed by atoms with Gasteiger partial charge in [-0.2, -0.15) is 0 Å². The zero-order valence-corrected chi connectivity index (χ0v) is 13.0. The molecule has 0 aliphatic heterocycles. The molecule has 2 unspecified atom stereocenters. The third kappa shape index (κ3) is 3.41. The predicted molar refractivity (Wildman–Crippen MR) is 82.8 cm³/mol. The van der Waals surface area contributed by atoms with Crippen LogP contribution in [0.4, 0.5) is 11.4 Å². The molecule has 2 rings (SSSR count). The Bertz CT molecular complexity index is 429. The Morgan fingerprint density at radius 3 is 2.67 bits per heavy atom. The van der Waals surface area contributed by atoms with Crippen molar-refractivity contribution in [2.24, 2.45) is 11.3 Å². The minimum atomic E-state index is 0.430. The fourth-order valence-corrected chi connectivity index (χ4v) is 3.72. The highest BCUT2D eigenvalue weighted by molar-refractivity contribution is 9.10. The fourth-order valence-electron chi connectivity index (χ4n) is 3.34. The molecule has 2 nitrogen and oxygen atoms in total. The third-order valence-electron chi connectivity index (χ3n) is 3.76. The molecular weight excluding hydrogens is 288 g/mol. The van der Waals surface area contributed by atoms with Gasteiger partial charge in [-0.3, -0.25) is 0 Å². The van der Waals surface area contributed by atoms with Gasteiger partial charge in [0.05, 0.1) is 11.4 Å². The number of hydrogen-bond donors (Lipinski definition) is 2. The van der Waals surface area contributed by atoms with Crippen LogP contribution >= 0.6 is 15.9 Å². The van der Waals surface area contributed by atoms with E-state index in [1.807, 2.05) is 12.1 Å².